The lowest BCUT2D eigenvalue weighted by Crippen LogP contribution is -2.44. The molecule has 0 heterocycles. The summed E-state index contributed by atoms with van der Waals surface area (Å²) in [5.41, 5.74) is 3.94. The first-order valence-corrected chi connectivity index (χ1v) is 14.5. The van der Waals surface area contributed by atoms with Gasteiger partial charge in [-0.05, 0) is 77.3 Å². The lowest BCUT2D eigenvalue weighted by Gasteiger charge is -2.39. The molecule has 0 saturated carbocycles. The molecule has 0 radical (unpaired) electrons. The van der Waals surface area contributed by atoms with E-state index in [0.29, 0.717) is 5.92 Å². The highest BCUT2D eigenvalue weighted by molar-refractivity contribution is 9.10. The molecule has 0 spiro atoms. The normalized spacial score (nSPS) is 19.7. The Labute approximate surface area is 193 Å². The van der Waals surface area contributed by atoms with Crippen molar-refractivity contribution in [3.05, 3.63) is 52.0 Å². The van der Waals surface area contributed by atoms with E-state index in [1.54, 1.807) is 7.11 Å². The minimum atomic E-state index is -1.96. The number of methoxy groups -OCH3 is 1. The molecule has 1 aromatic rings. The second-order valence-electron chi connectivity index (χ2n) is 10.8. The van der Waals surface area contributed by atoms with Crippen LogP contribution in [0.4, 0.5) is 0 Å². The summed E-state index contributed by atoms with van der Waals surface area (Å²) in [5, 5.41) is 0.133. The van der Waals surface area contributed by atoms with Crippen LogP contribution in [0.3, 0.4) is 0 Å². The summed E-state index contributed by atoms with van der Waals surface area (Å²) in [6, 6.07) is 4.11. The van der Waals surface area contributed by atoms with Crippen molar-refractivity contribution in [2.45, 2.75) is 72.5 Å². The number of benzene rings is 1. The van der Waals surface area contributed by atoms with Crippen LogP contribution in [0.25, 0.3) is 6.08 Å². The summed E-state index contributed by atoms with van der Waals surface area (Å²) in [6.45, 7) is 22.6. The first-order chi connectivity index (χ1) is 13.7. The Bertz CT molecular complexity index is 857. The fraction of sp³-hybridized carbons (Fsp3) is 0.538. The monoisotopic (exact) mass is 490 g/mol. The Morgan fingerprint density at radius 3 is 2.40 bits per heavy atom. The largest absolute Gasteiger partial charge is 0.543 e. The van der Waals surface area contributed by atoms with E-state index in [1.165, 1.54) is 11.1 Å². The Balaban J connectivity index is 2.35. The minimum Gasteiger partial charge on any atom is -0.543 e. The van der Waals surface area contributed by atoms with Crippen molar-refractivity contribution in [3.8, 4) is 11.5 Å². The average Bonchev–Trinajstić information content (AvgIpc) is 2.56. The first-order valence-electron chi connectivity index (χ1n) is 10.8. The van der Waals surface area contributed by atoms with E-state index in [9.17, 15) is 0 Å². The van der Waals surface area contributed by atoms with Gasteiger partial charge in [0.15, 0.2) is 0 Å². The molecule has 0 aliphatic heterocycles. The summed E-state index contributed by atoms with van der Waals surface area (Å²) in [7, 11) is -0.259. The zero-order chi connectivity index (χ0) is 22.9. The van der Waals surface area contributed by atoms with Gasteiger partial charge >= 0.3 is 0 Å². The predicted molar refractivity (Wildman–Crippen MR) is 137 cm³/mol. The van der Waals surface area contributed by atoms with Crippen LogP contribution >= 0.6 is 15.9 Å². The topological polar surface area (TPSA) is 18.5 Å². The molecule has 0 aromatic heterocycles. The molecule has 1 aliphatic carbocycles. The standard InChI is InChI=1S/C26H39BrO2Si/c1-18-14-19(2)21(26(6,7)17-18)13-11-12-20-15-24(28-8)22(27)16-23(20)29-30(9,10)25(3,4)5/h11-12,14-16,21H,2,13,17H2,1,3-10H3/b12-11+. The summed E-state index contributed by atoms with van der Waals surface area (Å²) < 4.78 is 13.1. The van der Waals surface area contributed by atoms with Crippen LogP contribution in [0.15, 0.2) is 46.5 Å². The molecule has 0 saturated heterocycles. The van der Waals surface area contributed by atoms with Crippen LogP contribution in [0.5, 0.6) is 11.5 Å². The zero-order valence-electron chi connectivity index (χ0n) is 20.3. The van der Waals surface area contributed by atoms with Crippen LogP contribution in [-0.2, 0) is 0 Å². The number of hydrogen-bond donors (Lipinski definition) is 0. The third kappa shape index (κ3) is 5.70. The molecule has 1 aromatic carbocycles. The van der Waals surface area contributed by atoms with Crippen LogP contribution in [0, 0.1) is 11.3 Å². The molecule has 0 fully saturated rings. The van der Waals surface area contributed by atoms with Crippen molar-refractivity contribution >= 4 is 30.3 Å². The van der Waals surface area contributed by atoms with E-state index in [1.807, 2.05) is 0 Å². The molecule has 0 amide bonds. The van der Waals surface area contributed by atoms with Crippen LogP contribution in [0.2, 0.25) is 18.1 Å². The van der Waals surface area contributed by atoms with Gasteiger partial charge in [0.05, 0.1) is 11.6 Å². The van der Waals surface area contributed by atoms with Crippen LogP contribution in [0.1, 0.15) is 59.9 Å². The highest BCUT2D eigenvalue weighted by atomic mass is 79.9. The quantitative estimate of drug-likeness (QED) is 0.370. The van der Waals surface area contributed by atoms with Gasteiger partial charge in [-0.3, -0.25) is 0 Å². The first kappa shape index (κ1) is 25.0. The summed E-state index contributed by atoms with van der Waals surface area (Å²) in [4.78, 5) is 0. The maximum Gasteiger partial charge on any atom is 0.250 e. The molecule has 0 bridgehead atoms. The molecule has 30 heavy (non-hydrogen) atoms. The number of hydrogen-bond acceptors (Lipinski definition) is 2. The molecule has 166 valence electrons. The average molecular weight is 492 g/mol. The Morgan fingerprint density at radius 1 is 1.23 bits per heavy atom. The Morgan fingerprint density at radius 2 is 1.87 bits per heavy atom. The van der Waals surface area contributed by atoms with Gasteiger partial charge in [-0.25, -0.2) is 0 Å². The van der Waals surface area contributed by atoms with Crippen molar-refractivity contribution < 1.29 is 9.16 Å². The zero-order valence-corrected chi connectivity index (χ0v) is 22.9. The summed E-state index contributed by atoms with van der Waals surface area (Å²) >= 11 is 3.63. The van der Waals surface area contributed by atoms with Crippen molar-refractivity contribution in [2.75, 3.05) is 7.11 Å². The van der Waals surface area contributed by atoms with E-state index >= 15 is 0 Å². The van der Waals surface area contributed by atoms with E-state index in [2.05, 4.69) is 108 Å². The lowest BCUT2D eigenvalue weighted by atomic mass is 9.66. The van der Waals surface area contributed by atoms with E-state index in [4.69, 9.17) is 9.16 Å². The van der Waals surface area contributed by atoms with Crippen molar-refractivity contribution in [2.24, 2.45) is 11.3 Å². The highest BCUT2D eigenvalue weighted by Gasteiger charge is 2.39. The molecular formula is C26H39BrO2Si. The maximum absolute atomic E-state index is 6.67. The van der Waals surface area contributed by atoms with Gasteiger partial charge in [-0.15, -0.1) is 0 Å². The third-order valence-electron chi connectivity index (χ3n) is 6.68. The van der Waals surface area contributed by atoms with Crippen molar-refractivity contribution in [3.63, 3.8) is 0 Å². The van der Waals surface area contributed by atoms with Gasteiger partial charge < -0.3 is 9.16 Å². The van der Waals surface area contributed by atoms with E-state index in [-0.39, 0.29) is 10.5 Å². The van der Waals surface area contributed by atoms with Crippen molar-refractivity contribution in [1.29, 1.82) is 0 Å². The van der Waals surface area contributed by atoms with Gasteiger partial charge in [-0.2, -0.15) is 0 Å². The number of ether oxygens (including phenoxy) is 1. The third-order valence-corrected chi connectivity index (χ3v) is 11.6. The number of halogens is 1. The fourth-order valence-corrected chi connectivity index (χ4v) is 5.48. The second-order valence-corrected chi connectivity index (χ2v) is 16.4. The second kappa shape index (κ2) is 9.08. The van der Waals surface area contributed by atoms with Gasteiger partial charge in [0.25, 0.3) is 8.32 Å². The molecule has 1 aliphatic rings. The van der Waals surface area contributed by atoms with Crippen molar-refractivity contribution in [1.82, 2.24) is 0 Å². The molecule has 4 heteroatoms. The smallest absolute Gasteiger partial charge is 0.250 e. The van der Waals surface area contributed by atoms with Gasteiger partial charge in [-0.1, -0.05) is 70.6 Å². The summed E-state index contributed by atoms with van der Waals surface area (Å²) in [5.74, 6) is 2.18. The van der Waals surface area contributed by atoms with Gasteiger partial charge in [0, 0.05) is 5.56 Å². The number of allylic oxidation sites excluding steroid dienone is 4. The van der Waals surface area contributed by atoms with E-state index < -0.39 is 8.32 Å². The van der Waals surface area contributed by atoms with Crippen LogP contribution < -0.4 is 9.16 Å². The SMILES string of the molecule is C=C1C=C(C)CC(C)(C)C1C/C=C/c1cc(OC)c(Br)cc1O[Si](C)(C)C(C)(C)C. The van der Waals surface area contributed by atoms with Crippen LogP contribution in [-0.4, -0.2) is 15.4 Å². The fourth-order valence-electron chi connectivity index (χ4n) is 3.97. The maximum atomic E-state index is 6.67. The Kier molecular flexibility index (Phi) is 7.56. The molecule has 0 N–H and O–H groups in total. The molecule has 1 unspecified atom stereocenters. The Hall–Kier alpha value is -1.26. The lowest BCUT2D eigenvalue weighted by molar-refractivity contribution is 0.241. The van der Waals surface area contributed by atoms with E-state index in [0.717, 1.165) is 34.4 Å². The predicted octanol–water partition coefficient (Wildman–Crippen LogP) is 8.79. The van der Waals surface area contributed by atoms with Gasteiger partial charge in [0.2, 0.25) is 0 Å². The highest BCUT2D eigenvalue weighted by Crippen LogP contribution is 2.45. The summed E-state index contributed by atoms with van der Waals surface area (Å²) in [6.07, 6.45) is 8.81. The molecule has 1 atom stereocenters. The van der Waals surface area contributed by atoms with Gasteiger partial charge in [0.1, 0.15) is 11.5 Å². The molecular weight excluding hydrogens is 452 g/mol. The minimum absolute atomic E-state index is 0.133. The molecule has 2 rings (SSSR count). The number of rotatable bonds is 6. The molecule has 2 nitrogen and oxygen atoms in total.